The molecule has 4 rings (SSSR count). The van der Waals surface area contributed by atoms with Gasteiger partial charge in [-0.1, -0.05) is 17.0 Å². The number of nitrogens with one attached hydrogen (secondary N) is 2. The van der Waals surface area contributed by atoms with Crippen LogP contribution in [0.25, 0.3) is 0 Å². The van der Waals surface area contributed by atoms with Crippen LogP contribution in [0.2, 0.25) is 0 Å². The first-order valence-electron chi connectivity index (χ1n) is 7.68. The van der Waals surface area contributed by atoms with Crippen molar-refractivity contribution in [2.45, 2.75) is 56.9 Å². The van der Waals surface area contributed by atoms with Crippen LogP contribution in [-0.4, -0.2) is 10.5 Å². The fourth-order valence-electron chi connectivity index (χ4n) is 3.05. The van der Waals surface area contributed by atoms with Crippen molar-refractivity contribution in [2.24, 2.45) is 10.3 Å². The summed E-state index contributed by atoms with van der Waals surface area (Å²) in [4.78, 5) is 7.51. The van der Waals surface area contributed by atoms with Gasteiger partial charge in [0.2, 0.25) is 5.13 Å². The van der Waals surface area contributed by atoms with Crippen LogP contribution in [0.15, 0.2) is 20.9 Å². The summed E-state index contributed by atoms with van der Waals surface area (Å²) in [5.41, 5.74) is 5.69. The summed E-state index contributed by atoms with van der Waals surface area (Å²) in [6.07, 6.45) is 9.80. The summed E-state index contributed by atoms with van der Waals surface area (Å²) >= 11 is 3.53. The van der Waals surface area contributed by atoms with Crippen LogP contribution >= 0.6 is 23.1 Å². The molecule has 0 radical (unpaired) electrons. The number of aromatic nitrogens is 1. The van der Waals surface area contributed by atoms with Gasteiger partial charge in [-0.05, 0) is 51.4 Å². The Bertz CT molecular complexity index is 551. The lowest BCUT2D eigenvalue weighted by Crippen LogP contribution is -2.18. The van der Waals surface area contributed by atoms with Gasteiger partial charge in [0, 0.05) is 15.5 Å². The average molecular weight is 321 g/mol. The monoisotopic (exact) mass is 321 g/mol. The smallest absolute Gasteiger partial charge is 0.205 e. The number of rotatable bonds is 3. The van der Waals surface area contributed by atoms with E-state index < -0.39 is 0 Å². The summed E-state index contributed by atoms with van der Waals surface area (Å²) in [6.45, 7) is 0. The molecule has 1 unspecified atom stereocenters. The van der Waals surface area contributed by atoms with Crippen molar-refractivity contribution in [3.05, 3.63) is 21.2 Å². The first-order valence-corrected chi connectivity index (χ1v) is 9.38. The van der Waals surface area contributed by atoms with E-state index in [1.165, 1.54) is 66.1 Å². The zero-order valence-electron chi connectivity index (χ0n) is 11.9. The molecule has 3 aliphatic rings. The molecule has 0 saturated carbocycles. The number of hydrogen-bond acceptors (Lipinski definition) is 6. The maximum Gasteiger partial charge on any atom is 0.205 e. The Labute approximate surface area is 132 Å². The molecular weight excluding hydrogens is 302 g/mol. The summed E-state index contributed by atoms with van der Waals surface area (Å²) in [7, 11) is 0. The molecule has 2 heterocycles. The number of nitrogens with zero attached hydrogens (tertiary/aromatic N) is 3. The van der Waals surface area contributed by atoms with E-state index in [1.807, 2.05) is 11.8 Å². The van der Waals surface area contributed by atoms with E-state index in [1.54, 1.807) is 11.3 Å². The molecule has 112 valence electrons. The van der Waals surface area contributed by atoms with Gasteiger partial charge in [0.15, 0.2) is 5.50 Å². The van der Waals surface area contributed by atoms with Gasteiger partial charge in [-0.2, -0.15) is 0 Å². The Morgan fingerprint density at radius 1 is 1.10 bits per heavy atom. The van der Waals surface area contributed by atoms with E-state index in [0.717, 1.165) is 11.6 Å². The van der Waals surface area contributed by atoms with E-state index in [4.69, 9.17) is 0 Å². The second-order valence-electron chi connectivity index (χ2n) is 5.65. The van der Waals surface area contributed by atoms with Crippen LogP contribution in [0.1, 0.15) is 49.1 Å². The van der Waals surface area contributed by atoms with E-state index in [-0.39, 0.29) is 5.50 Å². The summed E-state index contributed by atoms with van der Waals surface area (Å²) in [5.74, 6) is 0. The van der Waals surface area contributed by atoms with Crippen LogP contribution in [0.5, 0.6) is 0 Å². The third-order valence-electron chi connectivity index (χ3n) is 4.12. The molecule has 2 aliphatic carbocycles. The predicted molar refractivity (Wildman–Crippen MR) is 87.2 cm³/mol. The summed E-state index contributed by atoms with van der Waals surface area (Å²) < 4.78 is 0. The molecule has 0 aromatic carbocycles. The Morgan fingerprint density at radius 2 is 1.95 bits per heavy atom. The highest BCUT2D eigenvalue weighted by Crippen LogP contribution is 2.39. The van der Waals surface area contributed by atoms with E-state index in [0.29, 0.717) is 0 Å². The molecule has 0 spiro atoms. The predicted octanol–water partition coefficient (Wildman–Crippen LogP) is 4.21. The molecule has 1 aliphatic heterocycles. The Hall–Kier alpha value is -1.08. The molecule has 5 nitrogen and oxygen atoms in total. The van der Waals surface area contributed by atoms with Crippen molar-refractivity contribution < 1.29 is 0 Å². The van der Waals surface area contributed by atoms with Crippen LogP contribution in [0.4, 0.5) is 5.13 Å². The molecule has 1 aromatic heterocycles. The maximum absolute atomic E-state index is 4.60. The van der Waals surface area contributed by atoms with E-state index >= 15 is 0 Å². The normalized spacial score (nSPS) is 24.9. The SMILES string of the molecule is C1CCC2=C(C1)NC(N=NNc1nc3c(s1)CCCC3)S2. The second kappa shape index (κ2) is 5.96. The van der Waals surface area contributed by atoms with Crippen molar-refractivity contribution in [3.8, 4) is 0 Å². The Morgan fingerprint density at radius 3 is 2.86 bits per heavy atom. The van der Waals surface area contributed by atoms with Gasteiger partial charge in [-0.15, -0.1) is 16.5 Å². The zero-order valence-corrected chi connectivity index (χ0v) is 13.5. The summed E-state index contributed by atoms with van der Waals surface area (Å²) in [6, 6.07) is 0. The lowest BCUT2D eigenvalue weighted by atomic mass is 10.0. The fourth-order valence-corrected chi connectivity index (χ4v) is 5.17. The van der Waals surface area contributed by atoms with Crippen molar-refractivity contribution in [1.82, 2.24) is 10.3 Å². The number of fused-ring (bicyclic) bond motifs is 1. The molecule has 1 aromatic rings. The highest BCUT2D eigenvalue weighted by Gasteiger charge is 2.25. The number of anilines is 1. The van der Waals surface area contributed by atoms with Crippen molar-refractivity contribution in [2.75, 3.05) is 5.43 Å². The molecule has 0 saturated heterocycles. The first-order chi connectivity index (χ1) is 10.4. The van der Waals surface area contributed by atoms with Crippen LogP contribution in [-0.2, 0) is 12.8 Å². The van der Waals surface area contributed by atoms with Crippen LogP contribution in [0.3, 0.4) is 0 Å². The number of allylic oxidation sites excluding steroid dienone is 2. The minimum absolute atomic E-state index is 0.0372. The van der Waals surface area contributed by atoms with Gasteiger partial charge < -0.3 is 5.32 Å². The van der Waals surface area contributed by atoms with Gasteiger partial charge in [0.25, 0.3) is 0 Å². The minimum atomic E-state index is 0.0372. The van der Waals surface area contributed by atoms with Crippen molar-refractivity contribution in [3.63, 3.8) is 0 Å². The molecule has 0 amide bonds. The van der Waals surface area contributed by atoms with Crippen molar-refractivity contribution >= 4 is 28.2 Å². The number of aryl methyl sites for hydroxylation is 2. The molecule has 0 fully saturated rings. The largest absolute Gasteiger partial charge is 0.356 e. The number of hydrogen-bond donors (Lipinski definition) is 2. The lowest BCUT2D eigenvalue weighted by molar-refractivity contribution is 0.634. The number of thioether (sulfide) groups is 1. The molecule has 2 N–H and O–H groups in total. The van der Waals surface area contributed by atoms with Gasteiger partial charge >= 0.3 is 0 Å². The standard InChI is InChI=1S/C14H19N5S2/c1-3-7-11-9(5-1)15-13(20-11)17-19-18-14-16-10-6-2-4-8-12(10)21-14/h13,15H,1-8H2,(H,16,17,18). The molecule has 7 heteroatoms. The van der Waals surface area contributed by atoms with Gasteiger partial charge in [0.05, 0.1) is 5.69 Å². The average Bonchev–Trinajstić information content (AvgIpc) is 3.09. The first kappa shape index (κ1) is 13.6. The fraction of sp³-hybridized carbons (Fsp3) is 0.643. The van der Waals surface area contributed by atoms with Crippen LogP contribution in [0, 0.1) is 0 Å². The zero-order chi connectivity index (χ0) is 14.1. The molecule has 0 bridgehead atoms. The maximum atomic E-state index is 4.60. The van der Waals surface area contributed by atoms with Gasteiger partial charge in [-0.25, -0.2) is 10.4 Å². The quantitative estimate of drug-likeness (QED) is 0.647. The lowest BCUT2D eigenvalue weighted by Gasteiger charge is -2.11. The second-order valence-corrected chi connectivity index (χ2v) is 7.91. The highest BCUT2D eigenvalue weighted by atomic mass is 32.2. The highest BCUT2D eigenvalue weighted by molar-refractivity contribution is 8.03. The van der Waals surface area contributed by atoms with Gasteiger partial charge in [0.1, 0.15) is 0 Å². The third kappa shape index (κ3) is 2.94. The molecule has 21 heavy (non-hydrogen) atoms. The molecule has 1 atom stereocenters. The van der Waals surface area contributed by atoms with E-state index in [9.17, 15) is 0 Å². The minimum Gasteiger partial charge on any atom is -0.356 e. The Balaban J connectivity index is 1.34. The third-order valence-corrected chi connectivity index (χ3v) is 6.36. The van der Waals surface area contributed by atoms with Gasteiger partial charge in [-0.3, -0.25) is 0 Å². The van der Waals surface area contributed by atoms with Crippen molar-refractivity contribution in [1.29, 1.82) is 0 Å². The molecular formula is C14H19N5S2. The van der Waals surface area contributed by atoms with Crippen LogP contribution < -0.4 is 10.7 Å². The topological polar surface area (TPSA) is 61.7 Å². The van der Waals surface area contributed by atoms with E-state index in [2.05, 4.69) is 26.1 Å². The Kier molecular flexibility index (Phi) is 3.85. The summed E-state index contributed by atoms with van der Waals surface area (Å²) in [5, 5.41) is 12.8. The number of thiazole rings is 1.